The third-order valence-corrected chi connectivity index (χ3v) is 2.99. The van der Waals surface area contributed by atoms with Gasteiger partial charge >= 0.3 is 0 Å². The van der Waals surface area contributed by atoms with Crippen molar-refractivity contribution in [1.29, 1.82) is 0 Å². The molecular weight excluding hydrogens is 231 g/mol. The van der Waals surface area contributed by atoms with Gasteiger partial charge in [-0.25, -0.2) is 8.42 Å². The zero-order valence-electron chi connectivity index (χ0n) is 6.92. The van der Waals surface area contributed by atoms with E-state index in [1.807, 2.05) is 6.92 Å². The van der Waals surface area contributed by atoms with Crippen LogP contribution >= 0.6 is 22.3 Å². The van der Waals surface area contributed by atoms with Crippen molar-refractivity contribution in [3.05, 3.63) is 34.3 Å². The van der Waals surface area contributed by atoms with Crippen LogP contribution in [0.5, 0.6) is 0 Å². The van der Waals surface area contributed by atoms with Gasteiger partial charge in [-0.3, -0.25) is 0 Å². The SMILES string of the molecule is Cc1cc(CS(=O)(=O)Cl)ccc1Cl. The van der Waals surface area contributed by atoms with E-state index in [9.17, 15) is 8.42 Å². The molecule has 0 bridgehead atoms. The number of halogens is 2. The van der Waals surface area contributed by atoms with Crippen LogP contribution in [0.4, 0.5) is 0 Å². The minimum absolute atomic E-state index is 0.160. The highest BCUT2D eigenvalue weighted by Gasteiger charge is 2.07. The van der Waals surface area contributed by atoms with E-state index < -0.39 is 9.05 Å². The summed E-state index contributed by atoms with van der Waals surface area (Å²) in [6.07, 6.45) is 0. The summed E-state index contributed by atoms with van der Waals surface area (Å²) in [6.45, 7) is 1.81. The average molecular weight is 239 g/mol. The fourth-order valence-corrected chi connectivity index (χ4v) is 2.07. The van der Waals surface area contributed by atoms with Gasteiger partial charge < -0.3 is 0 Å². The zero-order valence-corrected chi connectivity index (χ0v) is 9.25. The van der Waals surface area contributed by atoms with Crippen LogP contribution in [0.2, 0.25) is 5.02 Å². The highest BCUT2D eigenvalue weighted by atomic mass is 35.7. The van der Waals surface area contributed by atoms with E-state index in [1.165, 1.54) is 0 Å². The van der Waals surface area contributed by atoms with Gasteiger partial charge in [0.25, 0.3) is 0 Å². The molecule has 0 N–H and O–H groups in total. The molecule has 2 nitrogen and oxygen atoms in total. The molecule has 0 atom stereocenters. The fraction of sp³-hybridized carbons (Fsp3) is 0.250. The van der Waals surface area contributed by atoms with Crippen molar-refractivity contribution in [2.75, 3.05) is 0 Å². The molecule has 0 unspecified atom stereocenters. The van der Waals surface area contributed by atoms with Crippen LogP contribution < -0.4 is 0 Å². The van der Waals surface area contributed by atoms with Crippen LogP contribution in [-0.2, 0) is 14.8 Å². The molecule has 0 aromatic heterocycles. The Balaban J connectivity index is 2.99. The molecule has 0 saturated carbocycles. The molecule has 0 aliphatic carbocycles. The molecule has 1 aromatic carbocycles. The van der Waals surface area contributed by atoms with Crippen LogP contribution in [0.1, 0.15) is 11.1 Å². The number of hydrogen-bond acceptors (Lipinski definition) is 2. The van der Waals surface area contributed by atoms with Crippen LogP contribution in [0.3, 0.4) is 0 Å². The van der Waals surface area contributed by atoms with Crippen molar-refractivity contribution >= 4 is 31.3 Å². The van der Waals surface area contributed by atoms with Gasteiger partial charge in [-0.1, -0.05) is 23.7 Å². The van der Waals surface area contributed by atoms with E-state index in [0.717, 1.165) is 5.56 Å². The molecule has 13 heavy (non-hydrogen) atoms. The van der Waals surface area contributed by atoms with Gasteiger partial charge in [0.2, 0.25) is 9.05 Å². The molecule has 0 aliphatic heterocycles. The predicted octanol–water partition coefficient (Wildman–Crippen LogP) is 2.72. The average Bonchev–Trinajstić information content (AvgIpc) is 1.94. The first-order chi connectivity index (χ1) is 5.88. The molecule has 0 spiro atoms. The Morgan fingerprint density at radius 1 is 1.38 bits per heavy atom. The van der Waals surface area contributed by atoms with Crippen molar-refractivity contribution in [1.82, 2.24) is 0 Å². The third-order valence-electron chi connectivity index (χ3n) is 1.56. The Kier molecular flexibility index (Phi) is 3.22. The van der Waals surface area contributed by atoms with Gasteiger partial charge in [0.05, 0.1) is 5.75 Å². The lowest BCUT2D eigenvalue weighted by Gasteiger charge is -2.01. The molecule has 0 amide bonds. The second kappa shape index (κ2) is 3.86. The predicted molar refractivity (Wildman–Crippen MR) is 54.7 cm³/mol. The van der Waals surface area contributed by atoms with E-state index in [-0.39, 0.29) is 5.75 Å². The van der Waals surface area contributed by atoms with Crippen molar-refractivity contribution in [2.24, 2.45) is 0 Å². The van der Waals surface area contributed by atoms with Gasteiger partial charge in [0.15, 0.2) is 0 Å². The lowest BCUT2D eigenvalue weighted by molar-refractivity contribution is 0.609. The highest BCUT2D eigenvalue weighted by Crippen LogP contribution is 2.18. The summed E-state index contributed by atoms with van der Waals surface area (Å²) >= 11 is 5.77. The Hall–Kier alpha value is -0.250. The summed E-state index contributed by atoms with van der Waals surface area (Å²) in [6, 6.07) is 5.02. The zero-order chi connectivity index (χ0) is 10.1. The van der Waals surface area contributed by atoms with Crippen molar-refractivity contribution in [3.63, 3.8) is 0 Å². The second-order valence-electron chi connectivity index (χ2n) is 2.77. The summed E-state index contributed by atoms with van der Waals surface area (Å²) < 4.78 is 21.5. The van der Waals surface area contributed by atoms with Gasteiger partial charge in [0.1, 0.15) is 0 Å². The second-order valence-corrected chi connectivity index (χ2v) is 5.95. The summed E-state index contributed by atoms with van der Waals surface area (Å²) in [5.74, 6) is -0.160. The molecule has 0 heterocycles. The maximum Gasteiger partial charge on any atom is 0.236 e. The first-order valence-electron chi connectivity index (χ1n) is 3.56. The Labute approximate surface area is 86.9 Å². The molecule has 0 aliphatic rings. The van der Waals surface area contributed by atoms with Crippen LogP contribution in [0.25, 0.3) is 0 Å². The topological polar surface area (TPSA) is 34.1 Å². The monoisotopic (exact) mass is 238 g/mol. The molecule has 1 rings (SSSR count). The summed E-state index contributed by atoms with van der Waals surface area (Å²) in [7, 11) is 1.62. The number of aryl methyl sites for hydroxylation is 1. The number of rotatable bonds is 2. The van der Waals surface area contributed by atoms with E-state index in [0.29, 0.717) is 10.6 Å². The lowest BCUT2D eigenvalue weighted by atomic mass is 10.2. The van der Waals surface area contributed by atoms with Crippen molar-refractivity contribution < 1.29 is 8.42 Å². The lowest BCUT2D eigenvalue weighted by Crippen LogP contribution is -1.95. The van der Waals surface area contributed by atoms with Gasteiger partial charge in [-0.15, -0.1) is 0 Å². The third kappa shape index (κ3) is 3.55. The van der Waals surface area contributed by atoms with Crippen molar-refractivity contribution in [2.45, 2.75) is 12.7 Å². The highest BCUT2D eigenvalue weighted by molar-refractivity contribution is 8.13. The van der Waals surface area contributed by atoms with Crippen LogP contribution in [0, 0.1) is 6.92 Å². The minimum Gasteiger partial charge on any atom is -0.212 e. The normalized spacial score (nSPS) is 11.6. The summed E-state index contributed by atoms with van der Waals surface area (Å²) in [5, 5.41) is 0.621. The van der Waals surface area contributed by atoms with E-state index >= 15 is 0 Å². The smallest absolute Gasteiger partial charge is 0.212 e. The molecule has 1 aromatic rings. The molecule has 0 radical (unpaired) electrons. The van der Waals surface area contributed by atoms with Crippen LogP contribution in [0.15, 0.2) is 18.2 Å². The first-order valence-corrected chi connectivity index (χ1v) is 6.41. The first kappa shape index (κ1) is 10.8. The van der Waals surface area contributed by atoms with E-state index in [1.54, 1.807) is 18.2 Å². The maximum absolute atomic E-state index is 10.7. The Bertz CT molecular complexity index is 412. The number of hydrogen-bond donors (Lipinski definition) is 0. The molecule has 0 saturated heterocycles. The quantitative estimate of drug-likeness (QED) is 0.743. The largest absolute Gasteiger partial charge is 0.236 e. The molecule has 5 heteroatoms. The number of benzene rings is 1. The van der Waals surface area contributed by atoms with Gasteiger partial charge in [-0.05, 0) is 24.1 Å². The van der Waals surface area contributed by atoms with Gasteiger partial charge in [0, 0.05) is 15.7 Å². The Morgan fingerprint density at radius 3 is 2.46 bits per heavy atom. The molecular formula is C8H8Cl2O2S. The summed E-state index contributed by atoms with van der Waals surface area (Å²) in [5.41, 5.74) is 1.50. The summed E-state index contributed by atoms with van der Waals surface area (Å²) in [4.78, 5) is 0. The minimum atomic E-state index is -3.48. The van der Waals surface area contributed by atoms with Gasteiger partial charge in [-0.2, -0.15) is 0 Å². The fourth-order valence-electron chi connectivity index (χ4n) is 0.996. The van der Waals surface area contributed by atoms with Crippen LogP contribution in [-0.4, -0.2) is 8.42 Å². The standard InChI is InChI=1S/C8H8Cl2O2S/c1-6-4-7(2-3-8(6)9)5-13(10,11)12/h2-4H,5H2,1H3. The van der Waals surface area contributed by atoms with Crippen molar-refractivity contribution in [3.8, 4) is 0 Å². The molecule has 0 fully saturated rings. The van der Waals surface area contributed by atoms with E-state index in [2.05, 4.69) is 0 Å². The van der Waals surface area contributed by atoms with E-state index in [4.69, 9.17) is 22.3 Å². The molecule has 72 valence electrons. The maximum atomic E-state index is 10.7. The Morgan fingerprint density at radius 2 is 2.00 bits per heavy atom.